The molecule has 131 heavy (non-hydrogen) atoms. The first-order valence-corrected chi connectivity index (χ1v) is 40.6. The maximum absolute atomic E-state index is 16.1. The third kappa shape index (κ3) is 13.1. The Bertz CT molecular complexity index is 6730. The van der Waals surface area contributed by atoms with Gasteiger partial charge in [0.1, 0.15) is 67.7 Å². The predicted octanol–water partition coefficient (Wildman–Crippen LogP) is 17.9. The molecule has 4 heterocycles. The van der Waals surface area contributed by atoms with Gasteiger partial charge in [0.05, 0.1) is 80.0 Å². The molecule has 10 aromatic carbocycles. The van der Waals surface area contributed by atoms with Crippen LogP contribution in [0.25, 0.3) is 0 Å². The van der Waals surface area contributed by atoms with Gasteiger partial charge in [-0.1, -0.05) is 72.8 Å². The predicted molar refractivity (Wildman–Crippen MR) is 443 cm³/mol. The minimum atomic E-state index is -5.44. The number of nitrogens with zero attached hydrogens (tertiary/aromatic N) is 4. The van der Waals surface area contributed by atoms with Crippen molar-refractivity contribution in [3.05, 3.63) is 296 Å². The number of hydrogen-bond donors (Lipinski definition) is 8. The van der Waals surface area contributed by atoms with Crippen LogP contribution < -0.4 is 35.0 Å². The van der Waals surface area contributed by atoms with Crippen molar-refractivity contribution >= 4 is 93.2 Å². The van der Waals surface area contributed by atoms with Crippen LogP contribution >= 0.6 is 0 Å². The van der Waals surface area contributed by atoms with E-state index >= 15 is 52.7 Å². The first-order valence-electron chi connectivity index (χ1n) is 40.6. The van der Waals surface area contributed by atoms with Crippen LogP contribution in [0.1, 0.15) is 147 Å². The molecule has 4 fully saturated rings. The first-order chi connectivity index (χ1) is 61.6. The summed E-state index contributed by atoms with van der Waals surface area (Å²) in [5.41, 5.74) is -25.1. The number of halogens is 12. The minimum Gasteiger partial charge on any atom is -0.506 e. The number of rotatable bonds is 18. The summed E-state index contributed by atoms with van der Waals surface area (Å²) in [4.78, 5) is 142. The van der Waals surface area contributed by atoms with Crippen molar-refractivity contribution in [1.82, 2.24) is 0 Å². The maximum Gasteiger partial charge on any atom is 0.402 e. The Balaban J connectivity index is 0.549. The fourth-order valence-electron chi connectivity index (χ4n) is 19.6. The van der Waals surface area contributed by atoms with Gasteiger partial charge in [-0.05, 0) is 254 Å². The lowest BCUT2D eigenvalue weighted by molar-refractivity contribution is -0.173. The van der Waals surface area contributed by atoms with Crippen molar-refractivity contribution in [2.75, 3.05) is 30.2 Å². The van der Waals surface area contributed by atoms with Gasteiger partial charge in [-0.3, -0.25) is 47.9 Å². The molecule has 35 heteroatoms. The van der Waals surface area contributed by atoms with E-state index in [1.165, 1.54) is 48.5 Å². The molecule has 2 saturated heterocycles. The highest BCUT2D eigenvalue weighted by Gasteiger charge is 2.64. The lowest BCUT2D eigenvalue weighted by atomic mass is 9.74. The van der Waals surface area contributed by atoms with Gasteiger partial charge in [0.15, 0.2) is 0 Å². The maximum atomic E-state index is 16.1. The van der Waals surface area contributed by atoms with Crippen LogP contribution in [0.15, 0.2) is 218 Å². The summed E-state index contributed by atoms with van der Waals surface area (Å²) in [6, 6.07) is 29.5. The van der Waals surface area contributed by atoms with Crippen LogP contribution in [0.2, 0.25) is 0 Å². The molecule has 4 aliphatic heterocycles. The third-order valence-electron chi connectivity index (χ3n) is 27.4. The zero-order valence-electron chi connectivity index (χ0n) is 68.3. The smallest absolute Gasteiger partial charge is 0.402 e. The number of ether oxygens (including phenoxy) is 1. The number of amides is 10. The molecule has 8 aliphatic rings. The van der Waals surface area contributed by atoms with Gasteiger partial charge in [-0.2, -0.15) is 52.7 Å². The molecule has 4 bridgehead atoms. The largest absolute Gasteiger partial charge is 0.506 e. The van der Waals surface area contributed by atoms with Crippen LogP contribution in [0.4, 0.5) is 86.8 Å². The van der Waals surface area contributed by atoms with E-state index < -0.39 is 264 Å². The van der Waals surface area contributed by atoms with Gasteiger partial charge in [-0.25, -0.2) is 19.6 Å². The number of alkyl halides is 12. The van der Waals surface area contributed by atoms with Crippen molar-refractivity contribution in [1.29, 1.82) is 0 Å². The molecule has 10 aromatic rings. The number of anilines is 6. The number of benzene rings is 10. The summed E-state index contributed by atoms with van der Waals surface area (Å²) in [5.74, 6) is -18.9. The molecule has 12 atom stereocenters. The number of aromatic hydroxyl groups is 6. The summed E-state index contributed by atoms with van der Waals surface area (Å²) < 4.78 is 197. The molecule has 8 N–H and O–H groups in total. The summed E-state index contributed by atoms with van der Waals surface area (Å²) >= 11 is 0. The summed E-state index contributed by atoms with van der Waals surface area (Å²) in [6.45, 7) is 2.74. The van der Waals surface area contributed by atoms with Crippen LogP contribution in [-0.2, 0) is 40.8 Å². The van der Waals surface area contributed by atoms with Crippen LogP contribution in [-0.4, -0.2) is 114 Å². The number of allylic oxidation sites excluding steroid dienone is 4. The molecule has 668 valence electrons. The van der Waals surface area contributed by atoms with Crippen molar-refractivity contribution in [3.8, 4) is 46.0 Å². The van der Waals surface area contributed by atoms with Crippen LogP contribution in [0.5, 0.6) is 46.0 Å². The second-order valence-electron chi connectivity index (χ2n) is 34.3. The van der Waals surface area contributed by atoms with Crippen LogP contribution in [0, 0.1) is 47.3 Å². The van der Waals surface area contributed by atoms with E-state index in [1.54, 1.807) is 12.2 Å². The topological polar surface area (TPSA) is 338 Å². The monoisotopic (exact) mass is 1800 g/mol. The number of carbonyl (C=O) groups is 10. The molecule has 4 aliphatic carbocycles. The Morgan fingerprint density at radius 3 is 0.794 bits per heavy atom. The van der Waals surface area contributed by atoms with Gasteiger partial charge < -0.3 is 46.0 Å². The van der Waals surface area contributed by atoms with E-state index in [0.29, 0.717) is 68.8 Å². The van der Waals surface area contributed by atoms with Gasteiger partial charge in [0, 0.05) is 11.1 Å². The third-order valence-corrected chi connectivity index (χ3v) is 27.4. The molecule has 0 spiro atoms. The van der Waals surface area contributed by atoms with Crippen molar-refractivity contribution < 1.29 is 136 Å². The summed E-state index contributed by atoms with van der Waals surface area (Å²) in [5, 5.41) is 71.3. The molecule has 0 aromatic heterocycles. The van der Waals surface area contributed by atoms with E-state index in [9.17, 15) is 78.6 Å². The molecule has 12 unspecified atom stereocenters. The van der Waals surface area contributed by atoms with E-state index in [0.717, 1.165) is 127 Å². The zero-order valence-corrected chi connectivity index (χ0v) is 68.3. The Hall–Kier alpha value is -15.1. The van der Waals surface area contributed by atoms with Crippen molar-refractivity contribution in [2.24, 2.45) is 47.3 Å². The van der Waals surface area contributed by atoms with Gasteiger partial charge in [0.25, 0.3) is 35.4 Å². The quantitative estimate of drug-likeness (QED) is 0.0171. The molecular weight excluding hydrogens is 1740 g/mol. The minimum absolute atomic E-state index is 0.0726. The van der Waals surface area contributed by atoms with E-state index in [-0.39, 0.29) is 56.1 Å². The van der Waals surface area contributed by atoms with Crippen LogP contribution in [0.3, 0.4) is 0 Å². The average molecular weight is 1810 g/mol. The average Bonchev–Trinajstić information content (AvgIpc) is 1.57. The highest BCUT2D eigenvalue weighted by atomic mass is 19.4. The number of imide groups is 4. The lowest BCUT2D eigenvalue weighted by Crippen LogP contribution is -2.41. The zero-order chi connectivity index (χ0) is 93.9. The Labute approximate surface area is 732 Å². The number of phenolic OH excluding ortho intramolecular Hbond substituents is 6. The second-order valence-corrected chi connectivity index (χ2v) is 34.3. The number of fused-ring (bicyclic) bond motifs is 12. The van der Waals surface area contributed by atoms with Crippen molar-refractivity contribution in [2.45, 2.75) is 86.9 Å². The Kier molecular flexibility index (Phi) is 19.7. The van der Waals surface area contributed by atoms with E-state index in [2.05, 4.69) is 10.6 Å². The number of carbonyl (C=O) groups excluding carboxylic acids is 10. The molecule has 0 radical (unpaired) electrons. The molecule has 10 amide bonds. The van der Waals surface area contributed by atoms with E-state index in [4.69, 9.17) is 4.74 Å². The molecule has 23 nitrogen and oxygen atoms in total. The summed E-state index contributed by atoms with van der Waals surface area (Å²) in [7, 11) is 0. The first kappa shape index (κ1) is 86.7. The standard InChI is InChI=1S/C96H68F12N6O17/c1-89(93(97,98)99,50-14-26-60-62(36-50)84(126)112(82(60)124)66-40-55(19-30-72(66)118)92(4,96(106,107)108)56-20-32-74(120)68(42-56)114-87(129)77-47-7-8-48(34-47)78(77)88(114)130)49-13-25-59-61(35-49)83(125)111(81(59)123)65-39-53(17-29-71(65)117)90(2,94(100,101)102)51-15-27-69(115)63(37-51)109-79(121)43-9-21-57(22-10-43)131-58-23-11-44(12-24-58)80(122)110-64-38-52(16-28-70(64)116)91(3,95(103,104)105)54-18-31-73(119)67(41-54)113-85(127)75-45-5-6-46(33-45)76(75)86(113)128/h5-32,35-42,45-48,75-78,115-120H,33-34H2,1-4H3,(H,109,121)(H,110,122). The fraction of sp³-hybridized carbons (Fsp3) is 0.229. The number of hydrogen-bond acceptors (Lipinski definition) is 17. The number of phenols is 6. The second kappa shape index (κ2) is 29.8. The van der Waals surface area contributed by atoms with Gasteiger partial charge in [-0.15, -0.1) is 0 Å². The Morgan fingerprint density at radius 1 is 0.298 bits per heavy atom. The van der Waals surface area contributed by atoms with E-state index in [1.807, 2.05) is 12.2 Å². The Morgan fingerprint density at radius 2 is 0.527 bits per heavy atom. The molecule has 18 rings (SSSR count). The highest BCUT2D eigenvalue weighted by Crippen LogP contribution is 2.60. The van der Waals surface area contributed by atoms with Crippen molar-refractivity contribution in [3.63, 3.8) is 0 Å². The van der Waals surface area contributed by atoms with Gasteiger partial charge >= 0.3 is 24.7 Å². The number of nitrogens with one attached hydrogen (secondary N) is 2. The highest BCUT2D eigenvalue weighted by molar-refractivity contribution is 6.36. The lowest BCUT2D eigenvalue weighted by Gasteiger charge is -2.34. The summed E-state index contributed by atoms with van der Waals surface area (Å²) in [6.07, 6.45) is -12.9. The van der Waals surface area contributed by atoms with Gasteiger partial charge in [0.2, 0.25) is 23.6 Å². The normalized spacial score (nSPS) is 22.0. The SMILES string of the molecule is CC(c1ccc2c(c1)C(=O)N(c1cc(C(C)(c3ccc(O)c(NC(=O)c4ccc(Oc5ccc(C(=O)Nc6cc(C(C)(c7ccc(O)c(N8C(=O)C9C%10C=CC(C%10)C9C8=O)c7)C(F)(F)F)ccc6O)cc5)cc4)c3)C(F)(F)F)ccc1O)C2=O)(c1ccc2c(c1)C(=O)N(c1cc(C(C)(c3ccc(O)c(N4C(=O)C5C6C=CC(C6)C5C4=O)c3)C(F)(F)F)ccc1O)C2=O)C(F)(F)F. The molecule has 2 saturated carbocycles. The molecular formula is C96H68F12N6O17. The fourth-order valence-corrected chi connectivity index (χ4v) is 19.6.